The van der Waals surface area contributed by atoms with Gasteiger partial charge in [0.1, 0.15) is 0 Å². The maximum atomic E-state index is 13.2. The fraction of sp³-hybridized carbons (Fsp3) is 0.438. The number of aromatic amines is 1. The van der Waals surface area contributed by atoms with E-state index in [-0.39, 0.29) is 32.2 Å². The first-order chi connectivity index (χ1) is 10.8. The molecule has 23 heavy (non-hydrogen) atoms. The minimum Gasteiger partial charge on any atom is -0.388 e. The number of halogens is 3. The second-order valence-corrected chi connectivity index (χ2v) is 6.51. The van der Waals surface area contributed by atoms with Crippen LogP contribution in [0.5, 0.6) is 0 Å². The Labute approximate surface area is 136 Å². The third kappa shape index (κ3) is 3.33. The highest BCUT2D eigenvalue weighted by molar-refractivity contribution is 6.38. The molecule has 0 unspecified atom stereocenters. The molecule has 1 fully saturated rings. The summed E-state index contributed by atoms with van der Waals surface area (Å²) in [4.78, 5) is 15.3. The fourth-order valence-electron chi connectivity index (χ4n) is 2.87. The summed E-state index contributed by atoms with van der Waals surface area (Å²) in [5, 5.41) is 14.0. The quantitative estimate of drug-likeness (QED) is 0.799. The number of hydrogen-bond acceptors (Lipinski definition) is 2. The predicted molar refractivity (Wildman–Crippen MR) is 84.0 cm³/mol. The van der Waals surface area contributed by atoms with Gasteiger partial charge in [-0.1, -0.05) is 11.6 Å². The molecule has 1 heterocycles. The molecule has 0 aliphatic heterocycles. The number of rotatable bonds is 3. The van der Waals surface area contributed by atoms with Gasteiger partial charge in [-0.05, 0) is 31.0 Å². The second kappa shape index (κ2) is 5.76. The van der Waals surface area contributed by atoms with E-state index in [9.17, 15) is 18.7 Å². The van der Waals surface area contributed by atoms with Gasteiger partial charge in [0, 0.05) is 36.5 Å². The summed E-state index contributed by atoms with van der Waals surface area (Å²) in [6, 6.07) is 5.10. The van der Waals surface area contributed by atoms with Crippen LogP contribution >= 0.6 is 11.6 Å². The Hall–Kier alpha value is -1.66. The van der Waals surface area contributed by atoms with E-state index in [1.54, 1.807) is 24.4 Å². The van der Waals surface area contributed by atoms with Crippen LogP contribution in [0.25, 0.3) is 10.9 Å². The molecule has 3 N–H and O–H groups in total. The molecule has 124 valence electrons. The Balaban J connectivity index is 1.68. The van der Waals surface area contributed by atoms with E-state index in [2.05, 4.69) is 10.3 Å². The number of carbonyl (C=O) groups is 1. The van der Waals surface area contributed by atoms with E-state index in [0.29, 0.717) is 10.6 Å². The molecule has 3 rings (SSSR count). The number of amides is 1. The molecule has 0 radical (unpaired) electrons. The summed E-state index contributed by atoms with van der Waals surface area (Å²) < 4.78 is 26.3. The number of aliphatic hydroxyl groups is 1. The van der Waals surface area contributed by atoms with Gasteiger partial charge in [-0.2, -0.15) is 0 Å². The number of benzene rings is 1. The maximum Gasteiger partial charge on any atom is 0.252 e. The van der Waals surface area contributed by atoms with E-state index < -0.39 is 17.4 Å². The van der Waals surface area contributed by atoms with Crippen LogP contribution < -0.4 is 5.32 Å². The van der Waals surface area contributed by atoms with Crippen LogP contribution in [-0.4, -0.2) is 34.1 Å². The first-order valence-corrected chi connectivity index (χ1v) is 7.82. The van der Waals surface area contributed by atoms with Gasteiger partial charge in [-0.15, -0.1) is 0 Å². The highest BCUT2D eigenvalue weighted by Gasteiger charge is 2.42. The molecule has 1 amide bonds. The van der Waals surface area contributed by atoms with E-state index >= 15 is 0 Å². The Morgan fingerprint density at radius 3 is 2.65 bits per heavy atom. The first kappa shape index (κ1) is 16.2. The van der Waals surface area contributed by atoms with Crippen molar-refractivity contribution >= 4 is 28.4 Å². The molecule has 0 spiro atoms. The van der Waals surface area contributed by atoms with Crippen molar-refractivity contribution < 1.29 is 18.7 Å². The van der Waals surface area contributed by atoms with E-state index in [4.69, 9.17) is 11.6 Å². The monoisotopic (exact) mass is 342 g/mol. The van der Waals surface area contributed by atoms with Gasteiger partial charge < -0.3 is 15.4 Å². The third-order valence-corrected chi connectivity index (χ3v) is 4.81. The number of fused-ring (bicyclic) bond motifs is 1. The molecule has 0 bridgehead atoms. The highest BCUT2D eigenvalue weighted by atomic mass is 35.5. The van der Waals surface area contributed by atoms with Gasteiger partial charge in [0.2, 0.25) is 5.92 Å². The number of carbonyl (C=O) groups excluding carboxylic acids is 1. The summed E-state index contributed by atoms with van der Waals surface area (Å²) in [5.74, 6) is -3.15. The summed E-state index contributed by atoms with van der Waals surface area (Å²) >= 11 is 6.23. The average molecular weight is 343 g/mol. The third-order valence-electron chi connectivity index (χ3n) is 4.40. The molecule has 1 aliphatic carbocycles. The predicted octanol–water partition coefficient (Wildman–Crippen LogP) is 3.49. The van der Waals surface area contributed by atoms with Crippen LogP contribution in [-0.2, 0) is 0 Å². The Morgan fingerprint density at radius 1 is 1.26 bits per heavy atom. The van der Waals surface area contributed by atoms with Gasteiger partial charge in [-0.25, -0.2) is 8.78 Å². The normalized spacial score (nSPS) is 19.7. The Bertz CT molecular complexity index is 735. The van der Waals surface area contributed by atoms with Crippen molar-refractivity contribution in [2.75, 3.05) is 6.54 Å². The molecule has 2 aromatic rings. The minimum atomic E-state index is -2.72. The van der Waals surface area contributed by atoms with Crippen molar-refractivity contribution in [2.45, 2.75) is 37.2 Å². The van der Waals surface area contributed by atoms with Crippen molar-refractivity contribution in [3.8, 4) is 0 Å². The molecule has 1 aromatic carbocycles. The first-order valence-electron chi connectivity index (χ1n) is 7.44. The van der Waals surface area contributed by atoms with Crippen molar-refractivity contribution in [2.24, 2.45) is 0 Å². The zero-order valence-electron chi connectivity index (χ0n) is 12.3. The number of H-pyrrole nitrogens is 1. The lowest BCUT2D eigenvalue weighted by molar-refractivity contribution is -0.101. The minimum absolute atomic E-state index is 0.0368. The van der Waals surface area contributed by atoms with Gasteiger partial charge in [-0.3, -0.25) is 4.79 Å². The van der Waals surface area contributed by atoms with E-state index in [1.165, 1.54) is 0 Å². The lowest BCUT2D eigenvalue weighted by Crippen LogP contribution is -2.47. The van der Waals surface area contributed by atoms with E-state index in [0.717, 1.165) is 10.9 Å². The molecule has 1 aliphatic rings. The SMILES string of the molecule is O=C(NCC1(O)CCC(F)(F)CC1)c1ccc2[nH]ccc2c1Cl. The van der Waals surface area contributed by atoms with Crippen LogP contribution in [0.4, 0.5) is 8.78 Å². The van der Waals surface area contributed by atoms with Crippen molar-refractivity contribution in [1.82, 2.24) is 10.3 Å². The summed E-state index contributed by atoms with van der Waals surface area (Å²) in [7, 11) is 0. The number of nitrogens with one attached hydrogen (secondary N) is 2. The van der Waals surface area contributed by atoms with Crippen molar-refractivity contribution in [1.29, 1.82) is 0 Å². The largest absolute Gasteiger partial charge is 0.388 e. The standard InChI is InChI=1S/C16H17ClF2N2O2/c17-13-10-3-8-20-12(10)2-1-11(13)14(22)21-9-15(23)4-6-16(18,19)7-5-15/h1-3,8,20,23H,4-7,9H2,(H,21,22). The Kier molecular flexibility index (Phi) is 4.06. The molecule has 0 atom stereocenters. The lowest BCUT2D eigenvalue weighted by Gasteiger charge is -2.35. The van der Waals surface area contributed by atoms with Gasteiger partial charge in [0.05, 0.1) is 16.2 Å². The topological polar surface area (TPSA) is 65.1 Å². The molecule has 7 heteroatoms. The number of alkyl halides is 2. The second-order valence-electron chi connectivity index (χ2n) is 6.13. The number of hydrogen-bond donors (Lipinski definition) is 3. The van der Waals surface area contributed by atoms with Crippen molar-refractivity contribution in [3.05, 3.63) is 35.0 Å². The molecular formula is C16H17ClF2N2O2. The molecule has 1 aromatic heterocycles. The lowest BCUT2D eigenvalue weighted by atomic mass is 9.82. The number of aromatic nitrogens is 1. The van der Waals surface area contributed by atoms with Crippen molar-refractivity contribution in [3.63, 3.8) is 0 Å². The summed E-state index contributed by atoms with van der Waals surface area (Å²) in [6.07, 6.45) is 0.920. The zero-order valence-corrected chi connectivity index (χ0v) is 13.1. The zero-order chi connectivity index (χ0) is 16.7. The van der Waals surface area contributed by atoms with Crippen LogP contribution in [0.2, 0.25) is 5.02 Å². The summed E-state index contributed by atoms with van der Waals surface area (Å²) in [6.45, 7) is -0.0661. The summed E-state index contributed by atoms with van der Waals surface area (Å²) in [5.41, 5.74) is -0.176. The van der Waals surface area contributed by atoms with Crippen LogP contribution in [0, 0.1) is 0 Å². The Morgan fingerprint density at radius 2 is 1.96 bits per heavy atom. The van der Waals surface area contributed by atoms with E-state index in [1.807, 2.05) is 0 Å². The van der Waals surface area contributed by atoms with Crippen LogP contribution in [0.1, 0.15) is 36.0 Å². The van der Waals surface area contributed by atoms with Crippen LogP contribution in [0.15, 0.2) is 24.4 Å². The maximum absolute atomic E-state index is 13.2. The van der Waals surface area contributed by atoms with Crippen LogP contribution in [0.3, 0.4) is 0 Å². The van der Waals surface area contributed by atoms with Gasteiger partial charge in [0.25, 0.3) is 5.91 Å². The smallest absolute Gasteiger partial charge is 0.252 e. The molecule has 4 nitrogen and oxygen atoms in total. The highest BCUT2D eigenvalue weighted by Crippen LogP contribution is 2.38. The fourth-order valence-corrected chi connectivity index (χ4v) is 3.18. The average Bonchev–Trinajstić information content (AvgIpc) is 2.99. The molecule has 1 saturated carbocycles. The van der Waals surface area contributed by atoms with Gasteiger partial charge >= 0.3 is 0 Å². The molecule has 0 saturated heterocycles. The van der Waals surface area contributed by atoms with Gasteiger partial charge in [0.15, 0.2) is 0 Å². The molecular weight excluding hydrogens is 326 g/mol.